The highest BCUT2D eigenvalue weighted by atomic mass is 35.5. The maximum Gasteiger partial charge on any atom is 0.0409 e. The zero-order valence-corrected chi connectivity index (χ0v) is 11.7. The summed E-state index contributed by atoms with van der Waals surface area (Å²) >= 11 is 6.06. The van der Waals surface area contributed by atoms with Gasteiger partial charge < -0.3 is 5.32 Å². The Labute approximate surface area is 110 Å². The lowest BCUT2D eigenvalue weighted by Gasteiger charge is -2.27. The summed E-state index contributed by atoms with van der Waals surface area (Å²) in [4.78, 5) is 0. The second-order valence-corrected chi connectivity index (χ2v) is 5.99. The second-order valence-electron chi connectivity index (χ2n) is 5.56. The topological polar surface area (TPSA) is 12.0 Å². The molecule has 0 saturated heterocycles. The van der Waals surface area contributed by atoms with Crippen molar-refractivity contribution in [1.82, 2.24) is 5.32 Å². The molecule has 1 N–H and O–H groups in total. The van der Waals surface area contributed by atoms with Crippen LogP contribution >= 0.6 is 11.6 Å². The SMILES string of the molecule is CCC(NC(C)C1(C)CC1)c1cccc(Cl)c1. The fourth-order valence-corrected chi connectivity index (χ4v) is 2.50. The van der Waals surface area contributed by atoms with Crippen LogP contribution in [-0.4, -0.2) is 6.04 Å². The van der Waals surface area contributed by atoms with E-state index < -0.39 is 0 Å². The first-order valence-corrected chi connectivity index (χ1v) is 6.94. The van der Waals surface area contributed by atoms with Crippen molar-refractivity contribution in [3.8, 4) is 0 Å². The van der Waals surface area contributed by atoms with Crippen LogP contribution < -0.4 is 5.32 Å². The molecule has 0 heterocycles. The molecule has 1 aliphatic carbocycles. The standard InChI is InChI=1S/C15H22ClN/c1-4-14(12-6-5-7-13(16)10-12)17-11(2)15(3)8-9-15/h5-7,10-11,14,17H,4,8-9H2,1-3H3. The van der Waals surface area contributed by atoms with Gasteiger partial charge in [-0.05, 0) is 49.3 Å². The summed E-state index contributed by atoms with van der Waals surface area (Å²) in [6, 6.07) is 9.20. The number of hydrogen-bond acceptors (Lipinski definition) is 1. The van der Waals surface area contributed by atoms with Crippen molar-refractivity contribution < 1.29 is 0 Å². The molecule has 1 aromatic rings. The summed E-state index contributed by atoms with van der Waals surface area (Å²) in [6.45, 7) is 6.90. The molecule has 2 heteroatoms. The van der Waals surface area contributed by atoms with Crippen LogP contribution in [0.4, 0.5) is 0 Å². The largest absolute Gasteiger partial charge is 0.307 e. The van der Waals surface area contributed by atoms with E-state index in [0.717, 1.165) is 11.4 Å². The monoisotopic (exact) mass is 251 g/mol. The van der Waals surface area contributed by atoms with E-state index in [4.69, 9.17) is 11.6 Å². The molecule has 0 radical (unpaired) electrons. The van der Waals surface area contributed by atoms with E-state index in [0.29, 0.717) is 17.5 Å². The predicted molar refractivity (Wildman–Crippen MR) is 74.4 cm³/mol. The third kappa shape index (κ3) is 3.02. The van der Waals surface area contributed by atoms with Crippen molar-refractivity contribution in [2.45, 2.75) is 52.1 Å². The molecular weight excluding hydrogens is 230 g/mol. The number of nitrogens with one attached hydrogen (secondary N) is 1. The molecule has 2 atom stereocenters. The Morgan fingerprint density at radius 1 is 1.41 bits per heavy atom. The van der Waals surface area contributed by atoms with Crippen LogP contribution in [-0.2, 0) is 0 Å². The van der Waals surface area contributed by atoms with Crippen LogP contribution in [0.15, 0.2) is 24.3 Å². The van der Waals surface area contributed by atoms with E-state index in [9.17, 15) is 0 Å². The molecule has 0 aromatic heterocycles. The van der Waals surface area contributed by atoms with Crippen molar-refractivity contribution in [1.29, 1.82) is 0 Å². The summed E-state index contributed by atoms with van der Waals surface area (Å²) in [5.41, 5.74) is 1.82. The van der Waals surface area contributed by atoms with E-state index in [1.54, 1.807) is 0 Å². The molecule has 1 fully saturated rings. The van der Waals surface area contributed by atoms with Crippen LogP contribution in [0.3, 0.4) is 0 Å². The molecule has 1 nitrogen and oxygen atoms in total. The number of benzene rings is 1. The highest BCUT2D eigenvalue weighted by Crippen LogP contribution is 2.48. The van der Waals surface area contributed by atoms with E-state index in [2.05, 4.69) is 38.2 Å². The lowest BCUT2D eigenvalue weighted by molar-refractivity contribution is 0.336. The number of halogens is 1. The van der Waals surface area contributed by atoms with E-state index in [1.807, 2.05) is 12.1 Å². The molecule has 0 spiro atoms. The Hall–Kier alpha value is -0.530. The predicted octanol–water partition coefficient (Wildman–Crippen LogP) is 4.57. The van der Waals surface area contributed by atoms with Crippen molar-refractivity contribution in [3.63, 3.8) is 0 Å². The maximum atomic E-state index is 6.06. The Morgan fingerprint density at radius 3 is 2.65 bits per heavy atom. The highest BCUT2D eigenvalue weighted by molar-refractivity contribution is 6.30. The Morgan fingerprint density at radius 2 is 2.12 bits per heavy atom. The van der Waals surface area contributed by atoms with E-state index in [1.165, 1.54) is 18.4 Å². The third-order valence-corrected chi connectivity index (χ3v) is 4.43. The van der Waals surface area contributed by atoms with Crippen LogP contribution in [0, 0.1) is 5.41 Å². The fourth-order valence-electron chi connectivity index (χ4n) is 2.31. The van der Waals surface area contributed by atoms with Crippen molar-refractivity contribution >= 4 is 11.6 Å². The molecule has 2 rings (SSSR count). The van der Waals surface area contributed by atoms with Crippen LogP contribution in [0.5, 0.6) is 0 Å². The van der Waals surface area contributed by atoms with Crippen LogP contribution in [0.2, 0.25) is 5.02 Å². The van der Waals surface area contributed by atoms with Crippen LogP contribution in [0.1, 0.15) is 51.6 Å². The quantitative estimate of drug-likeness (QED) is 0.808. The minimum Gasteiger partial charge on any atom is -0.307 e. The van der Waals surface area contributed by atoms with Crippen molar-refractivity contribution in [3.05, 3.63) is 34.9 Å². The molecule has 1 saturated carbocycles. The first-order valence-electron chi connectivity index (χ1n) is 6.56. The van der Waals surface area contributed by atoms with Gasteiger partial charge in [0.25, 0.3) is 0 Å². The zero-order chi connectivity index (χ0) is 12.5. The fraction of sp³-hybridized carbons (Fsp3) is 0.600. The van der Waals surface area contributed by atoms with E-state index >= 15 is 0 Å². The molecule has 0 amide bonds. The second kappa shape index (κ2) is 4.99. The minimum atomic E-state index is 0.418. The molecule has 1 aromatic carbocycles. The Bertz CT molecular complexity index is 384. The molecule has 0 aliphatic heterocycles. The smallest absolute Gasteiger partial charge is 0.0409 e. The highest BCUT2D eigenvalue weighted by Gasteiger charge is 2.42. The average molecular weight is 252 g/mol. The zero-order valence-electron chi connectivity index (χ0n) is 11.0. The first kappa shape index (κ1) is 12.9. The summed E-state index contributed by atoms with van der Waals surface area (Å²) in [5.74, 6) is 0. The molecule has 17 heavy (non-hydrogen) atoms. The summed E-state index contributed by atoms with van der Waals surface area (Å²) in [7, 11) is 0. The van der Waals surface area contributed by atoms with Gasteiger partial charge in [0.1, 0.15) is 0 Å². The first-order chi connectivity index (χ1) is 8.05. The van der Waals surface area contributed by atoms with Gasteiger partial charge in [0, 0.05) is 17.1 Å². The molecular formula is C15H22ClN. The minimum absolute atomic E-state index is 0.418. The van der Waals surface area contributed by atoms with Crippen molar-refractivity contribution in [2.75, 3.05) is 0 Å². The van der Waals surface area contributed by atoms with Gasteiger partial charge in [-0.25, -0.2) is 0 Å². The average Bonchev–Trinajstić information content (AvgIpc) is 3.05. The van der Waals surface area contributed by atoms with Gasteiger partial charge in [-0.1, -0.05) is 37.6 Å². The molecule has 94 valence electrons. The van der Waals surface area contributed by atoms with Gasteiger partial charge in [-0.2, -0.15) is 0 Å². The Kier molecular flexibility index (Phi) is 3.79. The lowest BCUT2D eigenvalue weighted by atomic mass is 9.97. The third-order valence-electron chi connectivity index (χ3n) is 4.19. The van der Waals surface area contributed by atoms with Gasteiger partial charge in [0.15, 0.2) is 0 Å². The maximum absolute atomic E-state index is 6.06. The lowest BCUT2D eigenvalue weighted by Crippen LogP contribution is -2.36. The molecule has 2 unspecified atom stereocenters. The van der Waals surface area contributed by atoms with Gasteiger partial charge in [0.2, 0.25) is 0 Å². The van der Waals surface area contributed by atoms with Gasteiger partial charge in [-0.3, -0.25) is 0 Å². The van der Waals surface area contributed by atoms with Crippen molar-refractivity contribution in [2.24, 2.45) is 5.41 Å². The van der Waals surface area contributed by atoms with Crippen LogP contribution in [0.25, 0.3) is 0 Å². The summed E-state index contributed by atoms with van der Waals surface area (Å²) < 4.78 is 0. The van der Waals surface area contributed by atoms with Gasteiger partial charge in [0.05, 0.1) is 0 Å². The number of rotatable bonds is 5. The molecule has 1 aliphatic rings. The van der Waals surface area contributed by atoms with Gasteiger partial charge in [-0.15, -0.1) is 0 Å². The Balaban J connectivity index is 2.06. The summed E-state index contributed by atoms with van der Waals surface area (Å²) in [5, 5.41) is 4.58. The molecule has 0 bridgehead atoms. The number of hydrogen-bond donors (Lipinski definition) is 1. The summed E-state index contributed by atoms with van der Waals surface area (Å²) in [6.07, 6.45) is 3.81. The normalized spacial score (nSPS) is 20.9. The van der Waals surface area contributed by atoms with E-state index in [-0.39, 0.29) is 0 Å². The van der Waals surface area contributed by atoms with Gasteiger partial charge >= 0.3 is 0 Å².